The van der Waals surface area contributed by atoms with Crippen molar-refractivity contribution < 1.29 is 0 Å². The number of hydrogen-bond donors (Lipinski definition) is 0. The van der Waals surface area contributed by atoms with Gasteiger partial charge >= 0.3 is 0 Å². The molecule has 11 heteroatoms. The van der Waals surface area contributed by atoms with Gasteiger partial charge in [0.05, 0.1) is 17.1 Å². The smallest absolute Gasteiger partial charge is 0.252 e. The summed E-state index contributed by atoms with van der Waals surface area (Å²) in [5.41, 5.74) is 63.6. The molecular formula is C126H111B3N8. The number of hydrogen-bond acceptors (Lipinski definition) is 8. The van der Waals surface area contributed by atoms with Crippen molar-refractivity contribution in [2.75, 3.05) is 39.2 Å². The Balaban J connectivity index is 0.000000154. The molecule has 24 rings (SSSR count). The van der Waals surface area contributed by atoms with E-state index in [-0.39, 0.29) is 20.1 Å². The summed E-state index contributed by atoms with van der Waals surface area (Å²) in [6, 6.07) is 131. The fourth-order valence-corrected chi connectivity index (χ4v) is 22.8. The molecule has 18 aromatic rings. The van der Waals surface area contributed by atoms with Gasteiger partial charge < -0.3 is 39.2 Å². The largest absolute Gasteiger partial charge is 0.313 e. The predicted molar refractivity (Wildman–Crippen MR) is 590 cm³/mol. The molecule has 18 aromatic carbocycles. The lowest BCUT2D eigenvalue weighted by Gasteiger charge is -2.55. The average Bonchev–Trinajstić information content (AvgIpc) is 0.646. The minimum Gasteiger partial charge on any atom is -0.313 e. The molecule has 0 atom stereocenters. The quantitative estimate of drug-likeness (QED) is 0.0937. The van der Waals surface area contributed by atoms with Gasteiger partial charge in [-0.05, 0) is 371 Å². The summed E-state index contributed by atoms with van der Waals surface area (Å²) in [6.07, 6.45) is 0. The van der Waals surface area contributed by atoms with E-state index in [4.69, 9.17) is 0 Å². The fraction of sp³-hybridized carbons (Fsp3) is 0.143. The molecule has 0 aliphatic carbocycles. The second-order valence-corrected chi connectivity index (χ2v) is 39.8. The van der Waals surface area contributed by atoms with Crippen LogP contribution in [0, 0.1) is 125 Å². The Labute approximate surface area is 809 Å². The highest BCUT2D eigenvalue weighted by molar-refractivity contribution is 7.08. The molecule has 664 valence electrons. The van der Waals surface area contributed by atoms with Crippen molar-refractivity contribution in [3.05, 3.63) is 446 Å². The van der Waals surface area contributed by atoms with Crippen molar-refractivity contribution in [2.24, 2.45) is 0 Å². The molecule has 0 fully saturated rings. The Bertz CT molecular complexity index is 7050. The first-order valence-electron chi connectivity index (χ1n) is 48.5. The summed E-state index contributed by atoms with van der Waals surface area (Å²) in [5.74, 6) is 0. The molecule has 0 aromatic heterocycles. The fourth-order valence-electron chi connectivity index (χ4n) is 22.8. The SMILES string of the molecule is Cc1ccc(N(c2ccc(C)cc2)c2cc(N(c3ccc(C)c(N(c4ccc(C)cc4)c4ccc(C)cc4)c3)c3ccc(C)c(N(c4ccc(C)cc4)c4ccc(C)cc4)c3)ccc2C)cc1.Cc1ccc(N2c3ccc(C)cc3B3c4cc(C)c5c6c4N4c7c(cc(C)c2c73)B2c3cc(C)ccc3N(c3ccc(C)cc3)c3c(C)cc(c4c32)B6c2cc(C)ccc2N5c2ccc(C)cc2)cc1. The Morgan fingerprint density at radius 1 is 0.153 bits per heavy atom. The van der Waals surface area contributed by atoms with E-state index < -0.39 is 0 Å². The van der Waals surface area contributed by atoms with E-state index >= 15 is 0 Å². The standard InChI is InChI=1S/C63H51B3N4.C63H60N4/c1-34-10-19-43(20-11-34)67-52-25-16-37(4)28-46(52)64-50-32-41(8)59-56-62(50)70-61-49(31-40(7)58(67)55(61)64)65-47-29-38(5)17-26-53(47)68(44-21-12-35(2)13-22-44)60-42(9)33-51(63(70)57(60)65)66(56)48-30-39(6)18-27-54(48)69(59)45-23-14-36(3)15-24-45;1-43-10-25-52(26-11-43)65(53-27-12-44(2)13-28-53)61-40-58(37-22-49(61)7)64(59-38-23-50(8)62(41-59)66(54-29-14-45(3)15-30-54)55-31-16-46(4)17-32-55)60-39-24-51(9)63(42-60)67(56-33-18-47(5)19-34-56)57-35-20-48(6)21-36-57/h10-33H,1-9H3;10-42H,1-9H3. The first kappa shape index (κ1) is 85.7. The topological polar surface area (TPSA) is 25.9 Å². The van der Waals surface area contributed by atoms with Crippen molar-refractivity contribution in [3.63, 3.8) is 0 Å². The highest BCUT2D eigenvalue weighted by Gasteiger charge is 2.57. The van der Waals surface area contributed by atoms with Crippen LogP contribution in [0.25, 0.3) is 0 Å². The van der Waals surface area contributed by atoms with Gasteiger partial charge in [0.2, 0.25) is 0 Å². The summed E-state index contributed by atoms with van der Waals surface area (Å²) < 4.78 is 0. The first-order valence-corrected chi connectivity index (χ1v) is 48.5. The van der Waals surface area contributed by atoms with Gasteiger partial charge in [0.15, 0.2) is 0 Å². The Hall–Kier alpha value is -15.4. The summed E-state index contributed by atoms with van der Waals surface area (Å²) >= 11 is 0. The summed E-state index contributed by atoms with van der Waals surface area (Å²) in [5, 5.41) is 0. The summed E-state index contributed by atoms with van der Waals surface area (Å²) in [7, 11) is 0. The van der Waals surface area contributed by atoms with Gasteiger partial charge in [-0.2, -0.15) is 0 Å². The normalized spacial score (nSPS) is 12.8. The number of nitrogens with zero attached hydrogens (tertiary/aromatic N) is 8. The molecular weight excluding hydrogens is 1660 g/mol. The second-order valence-electron chi connectivity index (χ2n) is 39.8. The molecule has 0 N–H and O–H groups in total. The summed E-state index contributed by atoms with van der Waals surface area (Å²) in [4.78, 5) is 20.2. The zero-order valence-electron chi connectivity index (χ0n) is 81.7. The third-order valence-corrected chi connectivity index (χ3v) is 29.6. The van der Waals surface area contributed by atoms with Crippen LogP contribution in [0.4, 0.5) is 136 Å². The van der Waals surface area contributed by atoms with E-state index in [0.717, 1.165) is 68.2 Å². The Morgan fingerprint density at radius 2 is 0.350 bits per heavy atom. The van der Waals surface area contributed by atoms with Crippen molar-refractivity contribution in [2.45, 2.75) is 125 Å². The number of rotatable bonds is 15. The van der Waals surface area contributed by atoms with Gasteiger partial charge in [0.25, 0.3) is 20.1 Å². The van der Waals surface area contributed by atoms with E-state index in [1.165, 1.54) is 218 Å². The van der Waals surface area contributed by atoms with E-state index in [1.807, 2.05) is 0 Å². The Morgan fingerprint density at radius 3 is 0.569 bits per heavy atom. The molecule has 6 aliphatic heterocycles. The zero-order chi connectivity index (χ0) is 94.1. The lowest BCUT2D eigenvalue weighted by Crippen LogP contribution is -2.74. The van der Waals surface area contributed by atoms with Crippen LogP contribution < -0.4 is 88.4 Å². The predicted octanol–water partition coefficient (Wildman–Crippen LogP) is 28.1. The molecule has 0 amide bonds. The molecule has 6 heterocycles. The van der Waals surface area contributed by atoms with Crippen LogP contribution >= 0.6 is 0 Å². The second kappa shape index (κ2) is 33.3. The monoisotopic (exact) mass is 1770 g/mol. The van der Waals surface area contributed by atoms with E-state index in [1.54, 1.807) is 0 Å². The van der Waals surface area contributed by atoms with E-state index in [2.05, 4.69) is 510 Å². The van der Waals surface area contributed by atoms with Crippen molar-refractivity contribution in [1.29, 1.82) is 0 Å². The maximum absolute atomic E-state index is 2.83. The van der Waals surface area contributed by atoms with Gasteiger partial charge in [-0.25, -0.2) is 0 Å². The zero-order valence-corrected chi connectivity index (χ0v) is 81.7. The van der Waals surface area contributed by atoms with Crippen LogP contribution in [0.3, 0.4) is 0 Å². The third-order valence-electron chi connectivity index (χ3n) is 29.6. The molecule has 0 radical (unpaired) electrons. The van der Waals surface area contributed by atoms with Gasteiger partial charge in [-0.3, -0.25) is 0 Å². The number of fused-ring (bicyclic) bond motifs is 9. The third kappa shape index (κ3) is 14.3. The number of anilines is 24. The van der Waals surface area contributed by atoms with Crippen molar-refractivity contribution in [3.8, 4) is 0 Å². The minimum absolute atomic E-state index is 0.0144. The number of aryl methyl sites for hydroxylation is 18. The molecule has 0 unspecified atom stereocenters. The maximum Gasteiger partial charge on any atom is 0.252 e. The van der Waals surface area contributed by atoms with Crippen LogP contribution in [-0.4, -0.2) is 20.1 Å². The molecule has 137 heavy (non-hydrogen) atoms. The van der Waals surface area contributed by atoms with Gasteiger partial charge in [-0.1, -0.05) is 249 Å². The highest BCUT2D eigenvalue weighted by Crippen LogP contribution is 2.55. The molecule has 6 aliphatic rings. The van der Waals surface area contributed by atoms with E-state index in [9.17, 15) is 0 Å². The molecule has 0 spiro atoms. The molecule has 0 saturated heterocycles. The maximum atomic E-state index is 2.83. The lowest BCUT2D eigenvalue weighted by atomic mass is 9.24. The molecule has 8 nitrogen and oxygen atoms in total. The Kier molecular flexibility index (Phi) is 20.8. The van der Waals surface area contributed by atoms with Crippen LogP contribution in [-0.2, 0) is 0 Å². The van der Waals surface area contributed by atoms with Crippen LogP contribution in [0.15, 0.2) is 346 Å². The van der Waals surface area contributed by atoms with E-state index in [0.29, 0.717) is 0 Å². The van der Waals surface area contributed by atoms with Crippen LogP contribution in [0.5, 0.6) is 0 Å². The number of benzene rings is 18. The molecule has 0 saturated carbocycles. The van der Waals surface area contributed by atoms with Crippen LogP contribution in [0.1, 0.15) is 100 Å². The average molecular weight is 1770 g/mol. The van der Waals surface area contributed by atoms with Crippen molar-refractivity contribution in [1.82, 2.24) is 0 Å². The highest BCUT2D eigenvalue weighted by atomic mass is 15.2. The summed E-state index contributed by atoms with van der Waals surface area (Å²) in [6.45, 7) is 40.1. The van der Waals surface area contributed by atoms with Crippen molar-refractivity contribution >= 4 is 206 Å². The van der Waals surface area contributed by atoms with Gasteiger partial charge in [-0.15, -0.1) is 0 Å². The first-order chi connectivity index (χ1) is 66.3. The minimum atomic E-state index is 0.0144. The van der Waals surface area contributed by atoms with Gasteiger partial charge in [0.1, 0.15) is 0 Å². The molecule has 0 bridgehead atoms. The lowest BCUT2D eigenvalue weighted by molar-refractivity contribution is 1.19. The van der Waals surface area contributed by atoms with Gasteiger partial charge in [0, 0.05) is 119 Å². The van der Waals surface area contributed by atoms with Crippen LogP contribution in [0.2, 0.25) is 0 Å².